The number of carbonyl (C=O) groups is 1. The molecule has 2 aromatic carbocycles. The van der Waals surface area contributed by atoms with Crippen molar-refractivity contribution < 1.29 is 17.9 Å². The molecule has 3 aromatic rings. The quantitative estimate of drug-likeness (QED) is 0.645. The highest BCUT2D eigenvalue weighted by Crippen LogP contribution is 2.20. The number of anilines is 1. The van der Waals surface area contributed by atoms with Gasteiger partial charge >= 0.3 is 0 Å². The molecule has 0 saturated heterocycles. The number of rotatable bonds is 7. The number of sulfonamides is 1. The summed E-state index contributed by atoms with van der Waals surface area (Å²) in [5, 5.41) is 2.72. The standard InChI is InChI=1S/C21H21N3O4S/c1-24(2)29(26,27)20-10-4-8-18(13-20)23-21(25)17-7-3-9-19(12-17)28-15-16-6-5-11-22-14-16/h3-14H,15H2,1-2H3,(H,23,25). The smallest absolute Gasteiger partial charge is 0.255 e. The number of amides is 1. The Bertz CT molecular complexity index is 1100. The van der Waals surface area contributed by atoms with Crippen molar-refractivity contribution in [2.75, 3.05) is 19.4 Å². The second-order valence-corrected chi connectivity index (χ2v) is 8.60. The molecule has 3 rings (SSSR count). The fourth-order valence-electron chi connectivity index (χ4n) is 2.53. The normalized spacial score (nSPS) is 11.3. The maximum atomic E-state index is 12.6. The molecule has 0 spiro atoms. The summed E-state index contributed by atoms with van der Waals surface area (Å²) >= 11 is 0. The monoisotopic (exact) mass is 411 g/mol. The van der Waals surface area contributed by atoms with Gasteiger partial charge in [-0.25, -0.2) is 12.7 Å². The molecule has 0 atom stereocenters. The van der Waals surface area contributed by atoms with E-state index in [1.54, 1.807) is 48.8 Å². The lowest BCUT2D eigenvalue weighted by atomic mass is 10.2. The molecule has 29 heavy (non-hydrogen) atoms. The van der Waals surface area contributed by atoms with Gasteiger partial charge in [-0.3, -0.25) is 9.78 Å². The third-order valence-corrected chi connectivity index (χ3v) is 5.91. The van der Waals surface area contributed by atoms with Gasteiger partial charge in [0.05, 0.1) is 4.90 Å². The molecule has 1 N–H and O–H groups in total. The average molecular weight is 411 g/mol. The first-order valence-corrected chi connectivity index (χ1v) is 10.3. The zero-order valence-corrected chi connectivity index (χ0v) is 16.9. The van der Waals surface area contributed by atoms with Crippen LogP contribution < -0.4 is 10.1 Å². The summed E-state index contributed by atoms with van der Waals surface area (Å²) in [6.07, 6.45) is 3.40. The molecule has 1 heterocycles. The predicted molar refractivity (Wildman–Crippen MR) is 110 cm³/mol. The van der Waals surface area contributed by atoms with Gasteiger partial charge in [-0.1, -0.05) is 18.2 Å². The minimum atomic E-state index is -3.58. The zero-order valence-electron chi connectivity index (χ0n) is 16.1. The summed E-state index contributed by atoms with van der Waals surface area (Å²) < 4.78 is 31.4. The molecule has 7 nitrogen and oxygen atoms in total. The molecule has 1 amide bonds. The first-order chi connectivity index (χ1) is 13.9. The molecule has 0 saturated carbocycles. The lowest BCUT2D eigenvalue weighted by molar-refractivity contribution is 0.102. The predicted octanol–water partition coefficient (Wildman–Crippen LogP) is 3.16. The molecule has 8 heteroatoms. The van der Waals surface area contributed by atoms with Crippen LogP contribution in [0.25, 0.3) is 0 Å². The number of benzene rings is 2. The van der Waals surface area contributed by atoms with Crippen molar-refractivity contribution in [3.63, 3.8) is 0 Å². The lowest BCUT2D eigenvalue weighted by Crippen LogP contribution is -2.22. The zero-order chi connectivity index (χ0) is 20.9. The number of carbonyl (C=O) groups excluding carboxylic acids is 1. The van der Waals surface area contributed by atoms with Crippen LogP contribution in [0.2, 0.25) is 0 Å². The first-order valence-electron chi connectivity index (χ1n) is 8.82. The van der Waals surface area contributed by atoms with Crippen LogP contribution >= 0.6 is 0 Å². The van der Waals surface area contributed by atoms with E-state index >= 15 is 0 Å². The Morgan fingerprint density at radius 3 is 2.59 bits per heavy atom. The van der Waals surface area contributed by atoms with E-state index in [2.05, 4.69) is 10.3 Å². The summed E-state index contributed by atoms with van der Waals surface area (Å²) in [5.41, 5.74) is 1.70. The Balaban J connectivity index is 1.71. The van der Waals surface area contributed by atoms with Gasteiger partial charge < -0.3 is 10.1 Å². The summed E-state index contributed by atoms with van der Waals surface area (Å²) in [5.74, 6) is 0.182. The van der Waals surface area contributed by atoms with Gasteiger partial charge in [-0.05, 0) is 42.5 Å². The molecule has 0 aliphatic heterocycles. The summed E-state index contributed by atoms with van der Waals surface area (Å²) in [6, 6.07) is 16.6. The van der Waals surface area contributed by atoms with Crippen molar-refractivity contribution in [1.29, 1.82) is 0 Å². The molecule has 0 bridgehead atoms. The van der Waals surface area contributed by atoms with Crippen LogP contribution in [0.15, 0.2) is 78.0 Å². The fraction of sp³-hybridized carbons (Fsp3) is 0.143. The molecule has 0 radical (unpaired) electrons. The highest BCUT2D eigenvalue weighted by molar-refractivity contribution is 7.89. The molecule has 0 fully saturated rings. The van der Waals surface area contributed by atoms with Crippen molar-refractivity contribution in [2.24, 2.45) is 0 Å². The van der Waals surface area contributed by atoms with Gasteiger partial charge in [0.1, 0.15) is 12.4 Å². The number of aromatic nitrogens is 1. The first kappa shape index (κ1) is 20.5. The van der Waals surface area contributed by atoms with Crippen LogP contribution in [0.3, 0.4) is 0 Å². The van der Waals surface area contributed by atoms with E-state index in [4.69, 9.17) is 4.74 Å². The number of pyridine rings is 1. The van der Waals surface area contributed by atoms with Crippen LogP contribution in [0, 0.1) is 0 Å². The Morgan fingerprint density at radius 2 is 1.86 bits per heavy atom. The third-order valence-electron chi connectivity index (χ3n) is 4.09. The number of hydrogen-bond acceptors (Lipinski definition) is 5. The van der Waals surface area contributed by atoms with Crippen LogP contribution in [0.4, 0.5) is 5.69 Å². The fourth-order valence-corrected chi connectivity index (χ4v) is 3.47. The molecule has 1 aromatic heterocycles. The molecular formula is C21H21N3O4S. The van der Waals surface area contributed by atoms with E-state index in [0.717, 1.165) is 9.87 Å². The molecule has 150 valence electrons. The maximum absolute atomic E-state index is 12.6. The van der Waals surface area contributed by atoms with E-state index < -0.39 is 10.0 Å². The SMILES string of the molecule is CN(C)S(=O)(=O)c1cccc(NC(=O)c2cccc(OCc3cccnc3)c2)c1. The van der Waals surface area contributed by atoms with E-state index in [1.165, 1.54) is 26.2 Å². The largest absolute Gasteiger partial charge is 0.489 e. The van der Waals surface area contributed by atoms with Crippen LogP contribution in [0.5, 0.6) is 5.75 Å². The van der Waals surface area contributed by atoms with Crippen LogP contribution in [0.1, 0.15) is 15.9 Å². The number of ether oxygens (including phenoxy) is 1. The topological polar surface area (TPSA) is 88.6 Å². The van der Waals surface area contributed by atoms with Gasteiger partial charge in [-0.15, -0.1) is 0 Å². The lowest BCUT2D eigenvalue weighted by Gasteiger charge is -2.13. The molecule has 0 aliphatic carbocycles. The Morgan fingerprint density at radius 1 is 1.07 bits per heavy atom. The van der Waals surface area contributed by atoms with E-state index in [1.807, 2.05) is 12.1 Å². The second kappa shape index (κ2) is 8.85. The van der Waals surface area contributed by atoms with E-state index in [0.29, 0.717) is 23.6 Å². The summed E-state index contributed by atoms with van der Waals surface area (Å²) in [7, 11) is -0.671. The van der Waals surface area contributed by atoms with Crippen molar-refractivity contribution in [3.05, 3.63) is 84.2 Å². The third kappa shape index (κ3) is 5.18. The van der Waals surface area contributed by atoms with Crippen molar-refractivity contribution in [1.82, 2.24) is 9.29 Å². The number of hydrogen-bond donors (Lipinski definition) is 1. The van der Waals surface area contributed by atoms with Gasteiger partial charge in [0, 0.05) is 43.3 Å². The van der Waals surface area contributed by atoms with Crippen molar-refractivity contribution in [2.45, 2.75) is 11.5 Å². The Kier molecular flexibility index (Phi) is 6.26. The molecular weight excluding hydrogens is 390 g/mol. The summed E-state index contributed by atoms with van der Waals surface area (Å²) in [4.78, 5) is 16.7. The van der Waals surface area contributed by atoms with E-state index in [9.17, 15) is 13.2 Å². The average Bonchev–Trinajstić information content (AvgIpc) is 2.73. The van der Waals surface area contributed by atoms with Crippen molar-refractivity contribution in [3.8, 4) is 5.75 Å². The highest BCUT2D eigenvalue weighted by Gasteiger charge is 2.18. The van der Waals surface area contributed by atoms with Gasteiger partial charge in [-0.2, -0.15) is 0 Å². The number of nitrogens with zero attached hydrogens (tertiary/aromatic N) is 2. The highest BCUT2D eigenvalue weighted by atomic mass is 32.2. The van der Waals surface area contributed by atoms with Gasteiger partial charge in [0.15, 0.2) is 0 Å². The van der Waals surface area contributed by atoms with Crippen LogP contribution in [-0.2, 0) is 16.6 Å². The minimum Gasteiger partial charge on any atom is -0.489 e. The maximum Gasteiger partial charge on any atom is 0.255 e. The Labute approximate surface area is 170 Å². The van der Waals surface area contributed by atoms with Crippen LogP contribution in [-0.4, -0.2) is 37.7 Å². The Hall–Kier alpha value is -3.23. The van der Waals surface area contributed by atoms with Gasteiger partial charge in [0.2, 0.25) is 10.0 Å². The number of nitrogens with one attached hydrogen (secondary N) is 1. The molecule has 0 unspecified atom stereocenters. The minimum absolute atomic E-state index is 0.105. The van der Waals surface area contributed by atoms with Crippen molar-refractivity contribution >= 4 is 21.6 Å². The van der Waals surface area contributed by atoms with E-state index in [-0.39, 0.29) is 10.8 Å². The second-order valence-electron chi connectivity index (χ2n) is 6.45. The summed E-state index contributed by atoms with van der Waals surface area (Å²) in [6.45, 7) is 0.337. The molecule has 0 aliphatic rings. The van der Waals surface area contributed by atoms with Gasteiger partial charge in [0.25, 0.3) is 5.91 Å².